The molecule has 2 rings (SSSR count). The van der Waals surface area contributed by atoms with Gasteiger partial charge in [-0.15, -0.1) is 0 Å². The van der Waals surface area contributed by atoms with Crippen LogP contribution in [0.2, 0.25) is 0 Å². The van der Waals surface area contributed by atoms with Gasteiger partial charge in [-0.05, 0) is 44.7 Å². The number of carbonyl (C=O) groups excluding carboxylic acids is 1. The number of benzene rings is 1. The van der Waals surface area contributed by atoms with Gasteiger partial charge in [0.2, 0.25) is 0 Å². The molecule has 1 aliphatic rings. The molecule has 1 heterocycles. The van der Waals surface area contributed by atoms with Crippen molar-refractivity contribution in [2.75, 3.05) is 13.1 Å². The Kier molecular flexibility index (Phi) is 4.19. The Morgan fingerprint density at radius 3 is 2.56 bits per heavy atom. The van der Waals surface area contributed by atoms with Crippen molar-refractivity contribution in [3.63, 3.8) is 0 Å². The second kappa shape index (κ2) is 5.85. The lowest BCUT2D eigenvalue weighted by atomic mass is 10.0. The number of rotatable bonds is 3. The van der Waals surface area contributed by atoms with E-state index in [1.54, 1.807) is 0 Å². The van der Waals surface area contributed by atoms with Gasteiger partial charge < -0.3 is 4.90 Å². The second-order valence-electron chi connectivity index (χ2n) is 5.14. The minimum Gasteiger partial charge on any atom is -0.339 e. The van der Waals surface area contributed by atoms with Gasteiger partial charge in [0.05, 0.1) is 0 Å². The van der Waals surface area contributed by atoms with Gasteiger partial charge >= 0.3 is 0 Å². The van der Waals surface area contributed by atoms with Crippen LogP contribution < -0.4 is 0 Å². The predicted molar refractivity (Wildman–Crippen MR) is 74.7 cm³/mol. The lowest BCUT2D eigenvalue weighted by Gasteiger charge is -2.17. The van der Waals surface area contributed by atoms with Gasteiger partial charge in [0.15, 0.2) is 0 Å². The Balaban J connectivity index is 2.20. The summed E-state index contributed by atoms with van der Waals surface area (Å²) >= 11 is 0. The second-order valence-corrected chi connectivity index (χ2v) is 5.14. The summed E-state index contributed by atoms with van der Waals surface area (Å²) in [6, 6.07) is 7.97. The van der Waals surface area contributed by atoms with Crippen LogP contribution in [0.5, 0.6) is 0 Å². The normalized spacial score (nSPS) is 14.7. The first-order chi connectivity index (χ1) is 8.68. The minimum atomic E-state index is 0.199. The molecule has 96 valence electrons. The van der Waals surface area contributed by atoms with Crippen LogP contribution in [-0.2, 0) is 6.42 Å². The van der Waals surface area contributed by atoms with Crippen LogP contribution in [0.4, 0.5) is 0 Å². The third-order valence-electron chi connectivity index (χ3n) is 3.37. The minimum absolute atomic E-state index is 0.199. The predicted octanol–water partition coefficient (Wildman–Crippen LogP) is 3.43. The number of allylic oxidation sites excluding steroid dienone is 2. The number of carbonyl (C=O) groups is 1. The summed E-state index contributed by atoms with van der Waals surface area (Å²) in [5.41, 5.74) is 3.30. The summed E-state index contributed by atoms with van der Waals surface area (Å²) in [4.78, 5) is 14.4. The summed E-state index contributed by atoms with van der Waals surface area (Å²) in [5, 5.41) is 0. The third kappa shape index (κ3) is 3.00. The van der Waals surface area contributed by atoms with Crippen LogP contribution in [-0.4, -0.2) is 23.9 Å². The maximum Gasteiger partial charge on any atom is 0.254 e. The highest BCUT2D eigenvalue weighted by atomic mass is 16.2. The smallest absolute Gasteiger partial charge is 0.254 e. The summed E-state index contributed by atoms with van der Waals surface area (Å²) in [5.74, 6) is 0.199. The Morgan fingerprint density at radius 2 is 1.89 bits per heavy atom. The van der Waals surface area contributed by atoms with Crippen LogP contribution in [0.15, 0.2) is 35.9 Å². The van der Waals surface area contributed by atoms with Crippen molar-refractivity contribution < 1.29 is 4.79 Å². The van der Waals surface area contributed by atoms with E-state index in [1.807, 2.05) is 23.1 Å². The van der Waals surface area contributed by atoms with Gasteiger partial charge in [0.1, 0.15) is 0 Å². The molecule has 1 aromatic carbocycles. The van der Waals surface area contributed by atoms with E-state index in [-0.39, 0.29) is 5.91 Å². The monoisotopic (exact) mass is 243 g/mol. The lowest BCUT2D eigenvalue weighted by Crippen LogP contribution is -2.28. The van der Waals surface area contributed by atoms with E-state index in [2.05, 4.69) is 26.0 Å². The molecule has 0 spiro atoms. The molecule has 0 radical (unpaired) electrons. The molecular formula is C16H21NO. The molecule has 1 saturated heterocycles. The molecule has 18 heavy (non-hydrogen) atoms. The maximum atomic E-state index is 12.4. The molecule has 1 amide bonds. The highest BCUT2D eigenvalue weighted by molar-refractivity contribution is 5.95. The van der Waals surface area contributed by atoms with Crippen molar-refractivity contribution in [1.29, 1.82) is 0 Å². The van der Waals surface area contributed by atoms with E-state index in [9.17, 15) is 4.79 Å². The van der Waals surface area contributed by atoms with Crippen molar-refractivity contribution in [2.24, 2.45) is 0 Å². The van der Waals surface area contributed by atoms with Crippen LogP contribution in [0.25, 0.3) is 0 Å². The number of hydrogen-bond donors (Lipinski definition) is 0. The van der Waals surface area contributed by atoms with Crippen molar-refractivity contribution in [2.45, 2.75) is 33.1 Å². The molecule has 0 aliphatic carbocycles. The fourth-order valence-electron chi connectivity index (χ4n) is 2.31. The molecule has 0 aromatic heterocycles. The van der Waals surface area contributed by atoms with E-state index in [1.165, 1.54) is 5.57 Å². The van der Waals surface area contributed by atoms with Crippen LogP contribution in [0, 0.1) is 0 Å². The molecular weight excluding hydrogens is 222 g/mol. The van der Waals surface area contributed by atoms with E-state index in [4.69, 9.17) is 0 Å². The molecule has 0 atom stereocenters. The van der Waals surface area contributed by atoms with Gasteiger partial charge in [-0.3, -0.25) is 4.79 Å². The SMILES string of the molecule is CC(C)=CCc1ccccc1C(=O)N1CCCC1. The standard InChI is InChI=1S/C16H21NO/c1-13(2)9-10-14-7-3-4-8-15(14)16(18)17-11-5-6-12-17/h3-4,7-9H,5-6,10-12H2,1-2H3. The van der Waals surface area contributed by atoms with Crippen molar-refractivity contribution in [3.05, 3.63) is 47.0 Å². The molecule has 0 saturated carbocycles. The molecule has 0 unspecified atom stereocenters. The quantitative estimate of drug-likeness (QED) is 0.745. The third-order valence-corrected chi connectivity index (χ3v) is 3.37. The summed E-state index contributed by atoms with van der Waals surface area (Å²) < 4.78 is 0. The van der Waals surface area contributed by atoms with Gasteiger partial charge in [-0.1, -0.05) is 29.8 Å². The lowest BCUT2D eigenvalue weighted by molar-refractivity contribution is 0.0792. The molecule has 1 fully saturated rings. The molecule has 1 aromatic rings. The molecule has 0 bridgehead atoms. The average Bonchev–Trinajstić information content (AvgIpc) is 2.89. The van der Waals surface area contributed by atoms with E-state index < -0.39 is 0 Å². The summed E-state index contributed by atoms with van der Waals surface area (Å²) in [7, 11) is 0. The van der Waals surface area contributed by atoms with Crippen molar-refractivity contribution in [3.8, 4) is 0 Å². The Bertz CT molecular complexity index is 452. The number of hydrogen-bond acceptors (Lipinski definition) is 1. The van der Waals surface area contributed by atoms with E-state index in [0.717, 1.165) is 43.5 Å². The number of likely N-dealkylation sites (tertiary alicyclic amines) is 1. The van der Waals surface area contributed by atoms with Crippen molar-refractivity contribution >= 4 is 5.91 Å². The first kappa shape index (κ1) is 12.9. The Hall–Kier alpha value is -1.57. The molecule has 2 heteroatoms. The largest absolute Gasteiger partial charge is 0.339 e. The fraction of sp³-hybridized carbons (Fsp3) is 0.438. The van der Waals surface area contributed by atoms with E-state index in [0.29, 0.717) is 0 Å². The van der Waals surface area contributed by atoms with Gasteiger partial charge in [0, 0.05) is 18.7 Å². The first-order valence-corrected chi connectivity index (χ1v) is 6.69. The zero-order chi connectivity index (χ0) is 13.0. The molecule has 1 aliphatic heterocycles. The van der Waals surface area contributed by atoms with Gasteiger partial charge in [-0.2, -0.15) is 0 Å². The van der Waals surface area contributed by atoms with E-state index >= 15 is 0 Å². The molecule has 2 nitrogen and oxygen atoms in total. The summed E-state index contributed by atoms with van der Waals surface area (Å²) in [6.07, 6.45) is 5.30. The van der Waals surface area contributed by atoms with Crippen LogP contribution in [0.1, 0.15) is 42.6 Å². The Morgan fingerprint density at radius 1 is 1.22 bits per heavy atom. The maximum absolute atomic E-state index is 12.4. The summed E-state index contributed by atoms with van der Waals surface area (Å²) in [6.45, 7) is 6.00. The Labute approximate surface area is 109 Å². The first-order valence-electron chi connectivity index (χ1n) is 6.69. The highest BCUT2D eigenvalue weighted by Gasteiger charge is 2.20. The number of amides is 1. The number of nitrogens with zero attached hydrogens (tertiary/aromatic N) is 1. The van der Waals surface area contributed by atoms with Gasteiger partial charge in [-0.25, -0.2) is 0 Å². The topological polar surface area (TPSA) is 20.3 Å². The van der Waals surface area contributed by atoms with Crippen LogP contribution >= 0.6 is 0 Å². The fourth-order valence-corrected chi connectivity index (χ4v) is 2.31. The van der Waals surface area contributed by atoms with Crippen molar-refractivity contribution in [1.82, 2.24) is 4.90 Å². The van der Waals surface area contributed by atoms with Crippen LogP contribution in [0.3, 0.4) is 0 Å². The average molecular weight is 243 g/mol. The highest BCUT2D eigenvalue weighted by Crippen LogP contribution is 2.17. The van der Waals surface area contributed by atoms with Gasteiger partial charge in [0.25, 0.3) is 5.91 Å². The zero-order valence-corrected chi connectivity index (χ0v) is 11.3. The molecule has 0 N–H and O–H groups in total. The zero-order valence-electron chi connectivity index (χ0n) is 11.3.